The van der Waals surface area contributed by atoms with Crippen molar-refractivity contribution in [1.29, 1.82) is 0 Å². The first-order chi connectivity index (χ1) is 9.02. The Kier molecular flexibility index (Phi) is 3.96. The molecule has 1 aromatic carbocycles. The van der Waals surface area contributed by atoms with Gasteiger partial charge in [-0.05, 0) is 31.0 Å². The summed E-state index contributed by atoms with van der Waals surface area (Å²) in [6.45, 7) is 3.59. The van der Waals surface area contributed by atoms with Crippen molar-refractivity contribution in [2.75, 3.05) is 0 Å². The van der Waals surface area contributed by atoms with E-state index in [9.17, 15) is 9.90 Å². The first-order valence-corrected chi connectivity index (χ1v) is 6.49. The normalized spacial score (nSPS) is 12.4. The van der Waals surface area contributed by atoms with Gasteiger partial charge in [-0.2, -0.15) is 0 Å². The Labute approximate surface area is 116 Å². The Morgan fingerprint density at radius 2 is 1.95 bits per heavy atom. The van der Waals surface area contributed by atoms with Crippen molar-refractivity contribution in [2.24, 2.45) is 0 Å². The van der Waals surface area contributed by atoms with Crippen LogP contribution in [0.3, 0.4) is 0 Å². The molecule has 1 aromatic heterocycles. The third-order valence-corrected chi connectivity index (χ3v) is 3.37. The molecule has 4 heteroatoms. The van der Waals surface area contributed by atoms with Crippen LogP contribution >= 0.6 is 11.6 Å². The van der Waals surface area contributed by atoms with E-state index >= 15 is 0 Å². The van der Waals surface area contributed by atoms with E-state index in [0.29, 0.717) is 22.8 Å². The van der Waals surface area contributed by atoms with Crippen LogP contribution in [0, 0.1) is 6.92 Å². The molecule has 2 aromatic rings. The number of rotatable bonds is 3. The average molecular weight is 279 g/mol. The minimum Gasteiger partial charge on any atom is -0.507 e. The smallest absolute Gasteiger partial charge is 0.343 e. The molecule has 0 amide bonds. The number of benzene rings is 1. The summed E-state index contributed by atoms with van der Waals surface area (Å²) < 4.78 is 5.08. The van der Waals surface area contributed by atoms with Crippen molar-refractivity contribution in [1.82, 2.24) is 0 Å². The van der Waals surface area contributed by atoms with E-state index in [-0.39, 0.29) is 11.7 Å². The van der Waals surface area contributed by atoms with E-state index in [1.807, 2.05) is 19.1 Å². The second kappa shape index (κ2) is 5.49. The van der Waals surface area contributed by atoms with Crippen LogP contribution in [0.4, 0.5) is 0 Å². The van der Waals surface area contributed by atoms with Crippen molar-refractivity contribution in [3.05, 3.63) is 62.7 Å². The molecule has 1 unspecified atom stereocenters. The highest BCUT2D eigenvalue weighted by Gasteiger charge is 2.21. The van der Waals surface area contributed by atoms with Crippen LogP contribution in [0.15, 0.2) is 39.5 Å². The van der Waals surface area contributed by atoms with Crippen LogP contribution in [0.1, 0.15) is 36.1 Å². The number of halogens is 1. The lowest BCUT2D eigenvalue weighted by molar-refractivity contribution is 0.416. The summed E-state index contributed by atoms with van der Waals surface area (Å²) >= 11 is 5.86. The predicted octanol–water partition coefficient (Wildman–Crippen LogP) is 3.85. The maximum absolute atomic E-state index is 11.9. The Bertz CT molecular complexity index is 629. The van der Waals surface area contributed by atoms with Gasteiger partial charge >= 0.3 is 5.63 Å². The van der Waals surface area contributed by atoms with Crippen LogP contribution in [-0.4, -0.2) is 5.11 Å². The quantitative estimate of drug-likeness (QED) is 0.928. The fraction of sp³-hybridized carbons (Fsp3) is 0.267. The molecule has 1 N–H and O–H groups in total. The lowest BCUT2D eigenvalue weighted by Crippen LogP contribution is -2.14. The van der Waals surface area contributed by atoms with Crippen LogP contribution in [-0.2, 0) is 0 Å². The van der Waals surface area contributed by atoms with E-state index in [2.05, 4.69) is 0 Å². The van der Waals surface area contributed by atoms with E-state index in [0.717, 1.165) is 5.56 Å². The molecule has 0 aliphatic carbocycles. The maximum atomic E-state index is 11.9. The van der Waals surface area contributed by atoms with Gasteiger partial charge in [0.2, 0.25) is 0 Å². The molecule has 3 nitrogen and oxygen atoms in total. The van der Waals surface area contributed by atoms with Crippen molar-refractivity contribution in [3.63, 3.8) is 0 Å². The van der Waals surface area contributed by atoms with Gasteiger partial charge in [-0.25, -0.2) is 4.79 Å². The van der Waals surface area contributed by atoms with Crippen molar-refractivity contribution in [2.45, 2.75) is 26.2 Å². The Balaban J connectivity index is 2.54. The molecular weight excluding hydrogens is 264 g/mol. The fourth-order valence-corrected chi connectivity index (χ4v) is 2.35. The third-order valence-electron chi connectivity index (χ3n) is 3.12. The molecule has 0 saturated carbocycles. The molecule has 0 bridgehead atoms. The number of aryl methyl sites for hydroxylation is 1. The SMILES string of the molecule is CCC(c1ccc(Cl)cc1)c1c(O)cc(C)oc1=O. The van der Waals surface area contributed by atoms with Gasteiger partial charge in [0.05, 0.1) is 5.56 Å². The summed E-state index contributed by atoms with van der Waals surface area (Å²) in [5.74, 6) is 0.182. The third kappa shape index (κ3) is 2.82. The van der Waals surface area contributed by atoms with E-state index in [4.69, 9.17) is 16.0 Å². The average Bonchev–Trinajstić information content (AvgIpc) is 2.35. The Morgan fingerprint density at radius 3 is 2.47 bits per heavy atom. The topological polar surface area (TPSA) is 50.4 Å². The monoisotopic (exact) mass is 278 g/mol. The molecule has 0 radical (unpaired) electrons. The second-order valence-electron chi connectivity index (χ2n) is 4.46. The second-order valence-corrected chi connectivity index (χ2v) is 4.89. The summed E-state index contributed by atoms with van der Waals surface area (Å²) in [4.78, 5) is 11.9. The first-order valence-electron chi connectivity index (χ1n) is 6.12. The van der Waals surface area contributed by atoms with Gasteiger partial charge in [-0.1, -0.05) is 30.7 Å². The summed E-state index contributed by atoms with van der Waals surface area (Å²) in [6.07, 6.45) is 0.684. The van der Waals surface area contributed by atoms with E-state index in [1.165, 1.54) is 6.07 Å². The van der Waals surface area contributed by atoms with Crippen LogP contribution in [0.2, 0.25) is 5.02 Å². The molecule has 0 saturated heterocycles. The maximum Gasteiger partial charge on any atom is 0.343 e. The number of aromatic hydroxyl groups is 1. The minimum absolute atomic E-state index is 0.0180. The van der Waals surface area contributed by atoms with Crippen LogP contribution < -0.4 is 5.63 Å². The zero-order valence-electron chi connectivity index (χ0n) is 10.8. The highest BCUT2D eigenvalue weighted by atomic mass is 35.5. The van der Waals surface area contributed by atoms with Gasteiger partial charge in [0.25, 0.3) is 0 Å². The first kappa shape index (κ1) is 13.7. The van der Waals surface area contributed by atoms with Crippen LogP contribution in [0.5, 0.6) is 5.75 Å². The van der Waals surface area contributed by atoms with Gasteiger partial charge in [-0.3, -0.25) is 0 Å². The number of hydrogen-bond donors (Lipinski definition) is 1. The van der Waals surface area contributed by atoms with Gasteiger partial charge in [0.1, 0.15) is 11.5 Å². The van der Waals surface area contributed by atoms with Crippen molar-refractivity contribution >= 4 is 11.6 Å². The molecule has 2 rings (SSSR count). The number of hydrogen-bond acceptors (Lipinski definition) is 3. The highest BCUT2D eigenvalue weighted by molar-refractivity contribution is 6.30. The predicted molar refractivity (Wildman–Crippen MR) is 75.0 cm³/mol. The zero-order chi connectivity index (χ0) is 14.0. The molecule has 19 heavy (non-hydrogen) atoms. The van der Waals surface area contributed by atoms with Crippen LogP contribution in [0.25, 0.3) is 0 Å². The standard InChI is InChI=1S/C15H15ClO3/c1-3-12(10-4-6-11(16)7-5-10)14-13(17)8-9(2)19-15(14)18/h4-8,12,17H,3H2,1-2H3. The summed E-state index contributed by atoms with van der Waals surface area (Å²) in [5.41, 5.74) is 0.744. The molecule has 0 fully saturated rings. The molecule has 0 aliphatic rings. The molecule has 1 atom stereocenters. The van der Waals surface area contributed by atoms with Gasteiger partial charge < -0.3 is 9.52 Å². The molecule has 0 aliphatic heterocycles. The van der Waals surface area contributed by atoms with Gasteiger partial charge in [-0.15, -0.1) is 0 Å². The van der Waals surface area contributed by atoms with Crippen molar-refractivity contribution < 1.29 is 9.52 Å². The summed E-state index contributed by atoms with van der Waals surface area (Å²) in [6, 6.07) is 8.72. The summed E-state index contributed by atoms with van der Waals surface area (Å²) in [7, 11) is 0. The Hall–Kier alpha value is -1.74. The van der Waals surface area contributed by atoms with E-state index < -0.39 is 5.63 Å². The molecule has 0 spiro atoms. The minimum atomic E-state index is -0.487. The highest BCUT2D eigenvalue weighted by Crippen LogP contribution is 2.32. The fourth-order valence-electron chi connectivity index (χ4n) is 2.23. The van der Waals surface area contributed by atoms with Gasteiger partial charge in [0, 0.05) is 17.0 Å². The lowest BCUT2D eigenvalue weighted by Gasteiger charge is -2.16. The van der Waals surface area contributed by atoms with Gasteiger partial charge in [0.15, 0.2) is 0 Å². The lowest BCUT2D eigenvalue weighted by atomic mass is 9.89. The summed E-state index contributed by atoms with van der Waals surface area (Å²) in [5, 5.41) is 10.6. The largest absolute Gasteiger partial charge is 0.507 e. The Morgan fingerprint density at radius 1 is 1.32 bits per heavy atom. The molecule has 100 valence electrons. The zero-order valence-corrected chi connectivity index (χ0v) is 11.6. The molecular formula is C15H15ClO3. The van der Waals surface area contributed by atoms with E-state index in [1.54, 1.807) is 19.1 Å². The van der Waals surface area contributed by atoms with Crippen molar-refractivity contribution in [3.8, 4) is 5.75 Å². The molecule has 1 heterocycles.